The summed E-state index contributed by atoms with van der Waals surface area (Å²) in [5.41, 5.74) is 0. The van der Waals surface area contributed by atoms with Crippen molar-refractivity contribution in [2.45, 2.75) is 121 Å². The van der Waals surface area contributed by atoms with Gasteiger partial charge in [-0.2, -0.15) is 0 Å². The summed E-state index contributed by atoms with van der Waals surface area (Å²) in [5.74, 6) is -0.545. The van der Waals surface area contributed by atoms with Crippen LogP contribution in [0, 0.1) is 0 Å². The summed E-state index contributed by atoms with van der Waals surface area (Å²) in [7, 11) is 0. The van der Waals surface area contributed by atoms with Crippen molar-refractivity contribution in [1.82, 2.24) is 0 Å². The Balaban J connectivity index is 3.11. The van der Waals surface area contributed by atoms with Gasteiger partial charge in [-0.15, -0.1) is 0 Å². The third kappa shape index (κ3) is 18.6. The van der Waals surface area contributed by atoms with Gasteiger partial charge in [-0.1, -0.05) is 126 Å². The average molecular weight is 395 g/mol. The van der Waals surface area contributed by atoms with Crippen LogP contribution in [0.4, 0.5) is 0 Å². The van der Waals surface area contributed by atoms with Gasteiger partial charge in [-0.05, 0) is 13.3 Å². The second kappa shape index (κ2) is 17.5. The molecule has 0 N–H and O–H groups in total. The Hall–Kier alpha value is 0.0500. The minimum absolute atomic E-state index is 0.423. The van der Waals surface area contributed by atoms with E-state index in [-0.39, 0.29) is 0 Å². The van der Waals surface area contributed by atoms with E-state index in [1.54, 1.807) is 0 Å². The summed E-state index contributed by atoms with van der Waals surface area (Å²) in [6.45, 7) is 4.13. The standard InChI is InChI=1S/C21H40Cl2O2/c1-3-4-5-6-7-8-9-10-11-12-13-14-15-16-17-18-19-25-20(24)21(2,22)23/h3-19H2,1-2H3. The van der Waals surface area contributed by atoms with Gasteiger partial charge in [0.2, 0.25) is 4.33 Å². The number of alkyl halides is 2. The maximum absolute atomic E-state index is 11.3. The van der Waals surface area contributed by atoms with Crippen LogP contribution >= 0.6 is 23.2 Å². The molecule has 0 aliphatic carbocycles. The lowest BCUT2D eigenvalue weighted by atomic mass is 10.0. The SMILES string of the molecule is CCCCCCCCCCCCCCCCCCOC(=O)C(C)(Cl)Cl. The molecule has 0 aromatic rings. The molecule has 2 nitrogen and oxygen atoms in total. The van der Waals surface area contributed by atoms with Crippen molar-refractivity contribution in [3.8, 4) is 0 Å². The summed E-state index contributed by atoms with van der Waals surface area (Å²) in [6.07, 6.45) is 21.3. The monoisotopic (exact) mass is 394 g/mol. The number of carbonyl (C=O) groups is 1. The summed E-state index contributed by atoms with van der Waals surface area (Å²) in [4.78, 5) is 11.3. The second-order valence-corrected chi connectivity index (χ2v) is 9.03. The molecule has 0 radical (unpaired) electrons. The molecule has 25 heavy (non-hydrogen) atoms. The van der Waals surface area contributed by atoms with E-state index < -0.39 is 10.3 Å². The van der Waals surface area contributed by atoms with Crippen molar-refractivity contribution in [2.75, 3.05) is 6.61 Å². The van der Waals surface area contributed by atoms with E-state index in [0.29, 0.717) is 6.61 Å². The number of halogens is 2. The molecule has 4 heteroatoms. The van der Waals surface area contributed by atoms with Crippen molar-refractivity contribution < 1.29 is 9.53 Å². The number of unbranched alkanes of at least 4 members (excludes halogenated alkanes) is 15. The maximum Gasteiger partial charge on any atom is 0.342 e. The molecule has 150 valence electrons. The lowest BCUT2D eigenvalue weighted by molar-refractivity contribution is -0.144. The van der Waals surface area contributed by atoms with Crippen LogP contribution in [0.2, 0.25) is 0 Å². The van der Waals surface area contributed by atoms with Gasteiger partial charge in [0.1, 0.15) is 0 Å². The van der Waals surface area contributed by atoms with E-state index in [2.05, 4.69) is 6.92 Å². The van der Waals surface area contributed by atoms with Crippen LogP contribution in [0.25, 0.3) is 0 Å². The van der Waals surface area contributed by atoms with E-state index in [1.165, 1.54) is 96.8 Å². The minimum atomic E-state index is -1.42. The summed E-state index contributed by atoms with van der Waals surface area (Å²) in [6, 6.07) is 0. The smallest absolute Gasteiger partial charge is 0.342 e. The second-order valence-electron chi connectivity index (χ2n) is 7.33. The lowest BCUT2D eigenvalue weighted by Crippen LogP contribution is -2.24. The molecule has 0 fully saturated rings. The highest BCUT2D eigenvalue weighted by molar-refractivity contribution is 6.57. The number of esters is 1. The van der Waals surface area contributed by atoms with E-state index in [4.69, 9.17) is 27.9 Å². The summed E-state index contributed by atoms with van der Waals surface area (Å²) < 4.78 is 3.60. The van der Waals surface area contributed by atoms with Crippen LogP contribution in [0.1, 0.15) is 117 Å². The van der Waals surface area contributed by atoms with Crippen LogP contribution in [0.3, 0.4) is 0 Å². The van der Waals surface area contributed by atoms with E-state index >= 15 is 0 Å². The van der Waals surface area contributed by atoms with Gasteiger partial charge >= 0.3 is 5.97 Å². The van der Waals surface area contributed by atoms with E-state index in [0.717, 1.165) is 12.8 Å². The van der Waals surface area contributed by atoms with Crippen molar-refractivity contribution in [3.63, 3.8) is 0 Å². The number of rotatable bonds is 18. The highest BCUT2D eigenvalue weighted by Gasteiger charge is 2.28. The number of carbonyl (C=O) groups excluding carboxylic acids is 1. The van der Waals surface area contributed by atoms with Crippen molar-refractivity contribution in [1.29, 1.82) is 0 Å². The van der Waals surface area contributed by atoms with Crippen molar-refractivity contribution in [3.05, 3.63) is 0 Å². The van der Waals surface area contributed by atoms with Gasteiger partial charge in [0.15, 0.2) is 0 Å². The zero-order chi connectivity index (χ0) is 18.8. The predicted octanol–water partition coefficient (Wildman–Crippen LogP) is 7.98. The Kier molecular flexibility index (Phi) is 17.5. The largest absolute Gasteiger partial charge is 0.463 e. The molecule has 0 bridgehead atoms. The van der Waals surface area contributed by atoms with Crippen LogP contribution in [-0.4, -0.2) is 16.9 Å². The zero-order valence-electron chi connectivity index (χ0n) is 16.6. The molecule has 0 saturated carbocycles. The Labute approximate surface area is 166 Å². The van der Waals surface area contributed by atoms with Gasteiger partial charge < -0.3 is 4.74 Å². The minimum Gasteiger partial charge on any atom is -0.463 e. The van der Waals surface area contributed by atoms with Gasteiger partial charge in [0, 0.05) is 0 Å². The van der Waals surface area contributed by atoms with Crippen LogP contribution < -0.4 is 0 Å². The fourth-order valence-corrected chi connectivity index (χ4v) is 3.05. The van der Waals surface area contributed by atoms with Crippen molar-refractivity contribution in [2.24, 2.45) is 0 Å². The molecule has 0 rings (SSSR count). The first-order valence-corrected chi connectivity index (χ1v) is 11.3. The molecule has 0 atom stereocenters. The molecule has 0 spiro atoms. The van der Waals surface area contributed by atoms with Gasteiger partial charge in [0.05, 0.1) is 6.61 Å². The highest BCUT2D eigenvalue weighted by Crippen LogP contribution is 2.21. The zero-order valence-corrected chi connectivity index (χ0v) is 18.1. The molecular weight excluding hydrogens is 355 g/mol. The Morgan fingerprint density at radius 1 is 0.680 bits per heavy atom. The van der Waals surface area contributed by atoms with Crippen LogP contribution in [0.5, 0.6) is 0 Å². The number of ether oxygens (including phenoxy) is 1. The van der Waals surface area contributed by atoms with Crippen molar-refractivity contribution >= 4 is 29.2 Å². The van der Waals surface area contributed by atoms with E-state index in [9.17, 15) is 4.79 Å². The summed E-state index contributed by atoms with van der Waals surface area (Å²) in [5, 5.41) is 0. The molecular formula is C21H40Cl2O2. The Bertz CT molecular complexity index is 301. The first kappa shape index (κ1) is 25.1. The molecule has 0 aromatic heterocycles. The summed E-state index contributed by atoms with van der Waals surface area (Å²) >= 11 is 11.3. The fraction of sp³-hybridized carbons (Fsp3) is 0.952. The van der Waals surface area contributed by atoms with Gasteiger partial charge in [-0.3, -0.25) is 0 Å². The Morgan fingerprint density at radius 2 is 1.00 bits per heavy atom. The first-order chi connectivity index (χ1) is 12.0. The molecule has 0 unspecified atom stereocenters. The molecule has 0 amide bonds. The van der Waals surface area contributed by atoms with Gasteiger partial charge in [0.25, 0.3) is 0 Å². The van der Waals surface area contributed by atoms with Crippen LogP contribution in [-0.2, 0) is 9.53 Å². The average Bonchev–Trinajstić information content (AvgIpc) is 2.56. The first-order valence-electron chi connectivity index (χ1n) is 10.5. The predicted molar refractivity (Wildman–Crippen MR) is 111 cm³/mol. The van der Waals surface area contributed by atoms with Gasteiger partial charge in [-0.25, -0.2) is 4.79 Å². The van der Waals surface area contributed by atoms with E-state index in [1.807, 2.05) is 0 Å². The lowest BCUT2D eigenvalue weighted by Gasteiger charge is -2.12. The highest BCUT2D eigenvalue weighted by atomic mass is 35.5. The third-order valence-corrected chi connectivity index (χ3v) is 4.90. The van der Waals surface area contributed by atoms with Crippen LogP contribution in [0.15, 0.2) is 0 Å². The topological polar surface area (TPSA) is 26.3 Å². The Morgan fingerprint density at radius 3 is 1.32 bits per heavy atom. The molecule has 0 saturated heterocycles. The fourth-order valence-electron chi connectivity index (χ4n) is 2.94. The number of hydrogen-bond acceptors (Lipinski definition) is 2. The number of hydrogen-bond donors (Lipinski definition) is 0. The molecule has 0 aliphatic rings. The third-order valence-electron chi connectivity index (χ3n) is 4.59. The molecule has 0 aliphatic heterocycles. The maximum atomic E-state index is 11.3. The molecule has 0 heterocycles. The molecule has 0 aromatic carbocycles. The normalized spacial score (nSPS) is 11.7. The quantitative estimate of drug-likeness (QED) is 0.134.